The molecule has 0 fully saturated rings. The van der Waals surface area contributed by atoms with Crippen molar-refractivity contribution in [3.05, 3.63) is 83.6 Å². The first-order chi connectivity index (χ1) is 11.2. The van der Waals surface area contributed by atoms with Gasteiger partial charge in [0.1, 0.15) is 0 Å². The largest absolute Gasteiger partial charge is 0.354 e. The Bertz CT molecular complexity index is 804. The van der Waals surface area contributed by atoms with E-state index < -0.39 is 0 Å². The van der Waals surface area contributed by atoms with Crippen molar-refractivity contribution < 1.29 is 4.79 Å². The standard InChI is InChI=1S/C18H14ClN3O/c19-16-5-1-2-6-17(16)21-14-7-9-15(10-8-14)22-18(23)13-4-3-11-20-12-13/h1-12,21H,(H,22,23). The maximum atomic E-state index is 12.1. The molecule has 0 saturated heterocycles. The topological polar surface area (TPSA) is 54.0 Å². The molecular formula is C18H14ClN3O. The first kappa shape index (κ1) is 15.1. The van der Waals surface area contributed by atoms with Crippen molar-refractivity contribution in [2.45, 2.75) is 0 Å². The minimum Gasteiger partial charge on any atom is -0.354 e. The number of anilines is 3. The summed E-state index contributed by atoms with van der Waals surface area (Å²) < 4.78 is 0. The van der Waals surface area contributed by atoms with Crippen LogP contribution in [0.5, 0.6) is 0 Å². The fourth-order valence-electron chi connectivity index (χ4n) is 2.06. The van der Waals surface area contributed by atoms with E-state index in [1.165, 1.54) is 6.20 Å². The normalized spacial score (nSPS) is 10.1. The Hall–Kier alpha value is -2.85. The van der Waals surface area contributed by atoms with Crippen LogP contribution in [0.2, 0.25) is 5.02 Å². The molecule has 1 aromatic heterocycles. The monoisotopic (exact) mass is 323 g/mol. The van der Waals surface area contributed by atoms with E-state index in [1.807, 2.05) is 48.5 Å². The lowest BCUT2D eigenvalue weighted by Gasteiger charge is -2.10. The maximum absolute atomic E-state index is 12.1. The van der Waals surface area contributed by atoms with Crippen LogP contribution < -0.4 is 10.6 Å². The molecule has 2 aromatic carbocycles. The van der Waals surface area contributed by atoms with Gasteiger partial charge >= 0.3 is 0 Å². The van der Waals surface area contributed by atoms with Gasteiger partial charge in [-0.15, -0.1) is 0 Å². The van der Waals surface area contributed by atoms with Crippen LogP contribution in [0.15, 0.2) is 73.1 Å². The zero-order valence-electron chi connectivity index (χ0n) is 12.2. The molecule has 0 bridgehead atoms. The van der Waals surface area contributed by atoms with Crippen molar-refractivity contribution >= 4 is 34.6 Å². The second-order valence-electron chi connectivity index (χ2n) is 4.88. The van der Waals surface area contributed by atoms with Crippen LogP contribution in [-0.2, 0) is 0 Å². The number of nitrogens with one attached hydrogen (secondary N) is 2. The van der Waals surface area contributed by atoms with Crippen molar-refractivity contribution in [1.82, 2.24) is 4.98 Å². The predicted molar refractivity (Wildman–Crippen MR) is 93.4 cm³/mol. The van der Waals surface area contributed by atoms with Gasteiger partial charge in [-0.1, -0.05) is 23.7 Å². The van der Waals surface area contributed by atoms with E-state index in [-0.39, 0.29) is 5.91 Å². The van der Waals surface area contributed by atoms with Gasteiger partial charge in [0.2, 0.25) is 0 Å². The van der Waals surface area contributed by atoms with Crippen molar-refractivity contribution in [2.24, 2.45) is 0 Å². The number of hydrogen-bond acceptors (Lipinski definition) is 3. The molecule has 23 heavy (non-hydrogen) atoms. The Morgan fingerprint density at radius 3 is 2.35 bits per heavy atom. The molecule has 3 rings (SSSR count). The van der Waals surface area contributed by atoms with Crippen LogP contribution in [0.4, 0.5) is 17.1 Å². The summed E-state index contributed by atoms with van der Waals surface area (Å²) in [5, 5.41) is 6.71. The van der Waals surface area contributed by atoms with Crippen molar-refractivity contribution in [1.29, 1.82) is 0 Å². The summed E-state index contributed by atoms with van der Waals surface area (Å²) in [4.78, 5) is 16.0. The lowest BCUT2D eigenvalue weighted by atomic mass is 10.2. The predicted octanol–water partition coefficient (Wildman–Crippen LogP) is 4.73. The Kier molecular flexibility index (Phi) is 4.54. The van der Waals surface area contributed by atoms with E-state index in [1.54, 1.807) is 18.3 Å². The number of carbonyl (C=O) groups excluding carboxylic acids is 1. The van der Waals surface area contributed by atoms with Gasteiger partial charge in [-0.3, -0.25) is 9.78 Å². The number of hydrogen-bond donors (Lipinski definition) is 2. The SMILES string of the molecule is O=C(Nc1ccc(Nc2ccccc2Cl)cc1)c1cccnc1. The lowest BCUT2D eigenvalue weighted by molar-refractivity contribution is 0.102. The first-order valence-electron chi connectivity index (χ1n) is 7.05. The number of para-hydroxylation sites is 1. The molecule has 0 spiro atoms. The summed E-state index contributed by atoms with van der Waals surface area (Å²) in [7, 11) is 0. The quantitative estimate of drug-likeness (QED) is 0.729. The Labute approximate surface area is 139 Å². The average molecular weight is 324 g/mol. The molecule has 5 heteroatoms. The molecule has 0 aliphatic heterocycles. The van der Waals surface area contributed by atoms with Crippen LogP contribution in [0.25, 0.3) is 0 Å². The minimum atomic E-state index is -0.190. The molecule has 0 aliphatic carbocycles. The summed E-state index contributed by atoms with van der Waals surface area (Å²) in [6, 6.07) is 18.4. The van der Waals surface area contributed by atoms with Gasteiger partial charge in [0.05, 0.1) is 16.3 Å². The third kappa shape index (κ3) is 3.87. The zero-order valence-corrected chi connectivity index (χ0v) is 12.9. The van der Waals surface area contributed by atoms with E-state index in [0.717, 1.165) is 11.4 Å². The first-order valence-corrected chi connectivity index (χ1v) is 7.43. The lowest BCUT2D eigenvalue weighted by Crippen LogP contribution is -2.11. The summed E-state index contributed by atoms with van der Waals surface area (Å²) in [6.07, 6.45) is 3.16. The summed E-state index contributed by atoms with van der Waals surface area (Å²) in [6.45, 7) is 0. The van der Waals surface area contributed by atoms with E-state index >= 15 is 0 Å². The molecule has 1 amide bonds. The zero-order chi connectivity index (χ0) is 16.1. The summed E-state index contributed by atoms with van der Waals surface area (Å²) in [5.41, 5.74) is 2.95. The number of nitrogens with zero attached hydrogens (tertiary/aromatic N) is 1. The smallest absolute Gasteiger partial charge is 0.257 e. The summed E-state index contributed by atoms with van der Waals surface area (Å²) in [5.74, 6) is -0.190. The molecule has 0 saturated carbocycles. The number of pyridine rings is 1. The number of halogens is 1. The molecular weight excluding hydrogens is 310 g/mol. The number of amides is 1. The molecule has 1 heterocycles. The van der Waals surface area contributed by atoms with Gasteiger partial charge in [-0.05, 0) is 48.5 Å². The van der Waals surface area contributed by atoms with Crippen molar-refractivity contribution in [3.8, 4) is 0 Å². The van der Waals surface area contributed by atoms with Gasteiger partial charge < -0.3 is 10.6 Å². The highest BCUT2D eigenvalue weighted by Gasteiger charge is 2.06. The number of benzene rings is 2. The number of aromatic nitrogens is 1. The molecule has 0 radical (unpaired) electrons. The Morgan fingerprint density at radius 1 is 0.913 bits per heavy atom. The molecule has 0 aliphatic rings. The molecule has 3 aromatic rings. The highest BCUT2D eigenvalue weighted by molar-refractivity contribution is 6.33. The van der Waals surface area contributed by atoms with Crippen LogP contribution in [0, 0.1) is 0 Å². The maximum Gasteiger partial charge on any atom is 0.257 e. The average Bonchev–Trinajstić information content (AvgIpc) is 2.59. The fourth-order valence-corrected chi connectivity index (χ4v) is 2.24. The second-order valence-corrected chi connectivity index (χ2v) is 5.29. The van der Waals surface area contributed by atoms with Gasteiger partial charge in [0.25, 0.3) is 5.91 Å². The van der Waals surface area contributed by atoms with Crippen LogP contribution in [0.3, 0.4) is 0 Å². The van der Waals surface area contributed by atoms with Gasteiger partial charge in [0.15, 0.2) is 0 Å². The van der Waals surface area contributed by atoms with E-state index in [9.17, 15) is 4.79 Å². The van der Waals surface area contributed by atoms with E-state index in [0.29, 0.717) is 16.3 Å². The summed E-state index contributed by atoms with van der Waals surface area (Å²) >= 11 is 6.12. The third-order valence-corrected chi connectivity index (χ3v) is 3.55. The van der Waals surface area contributed by atoms with Gasteiger partial charge in [0, 0.05) is 23.8 Å². The molecule has 0 unspecified atom stereocenters. The number of rotatable bonds is 4. The molecule has 0 atom stereocenters. The highest BCUT2D eigenvalue weighted by atomic mass is 35.5. The molecule has 114 valence electrons. The Balaban J connectivity index is 1.68. The van der Waals surface area contributed by atoms with E-state index in [2.05, 4.69) is 15.6 Å². The molecule has 2 N–H and O–H groups in total. The van der Waals surface area contributed by atoms with Crippen LogP contribution >= 0.6 is 11.6 Å². The second kappa shape index (κ2) is 6.94. The molecule has 4 nitrogen and oxygen atoms in total. The van der Waals surface area contributed by atoms with Gasteiger partial charge in [-0.2, -0.15) is 0 Å². The highest BCUT2D eigenvalue weighted by Crippen LogP contribution is 2.25. The van der Waals surface area contributed by atoms with Crippen molar-refractivity contribution in [3.63, 3.8) is 0 Å². The fraction of sp³-hybridized carbons (Fsp3) is 0. The van der Waals surface area contributed by atoms with E-state index in [4.69, 9.17) is 11.6 Å². The van der Waals surface area contributed by atoms with Crippen molar-refractivity contribution in [2.75, 3.05) is 10.6 Å². The third-order valence-electron chi connectivity index (χ3n) is 3.22. The number of carbonyl (C=O) groups is 1. The Morgan fingerprint density at radius 2 is 1.65 bits per heavy atom. The van der Waals surface area contributed by atoms with Crippen LogP contribution in [0.1, 0.15) is 10.4 Å². The minimum absolute atomic E-state index is 0.190. The van der Waals surface area contributed by atoms with Gasteiger partial charge in [-0.25, -0.2) is 0 Å². The van der Waals surface area contributed by atoms with Crippen LogP contribution in [-0.4, -0.2) is 10.9 Å².